The number of aliphatic imine (C=N–C) groups is 1. The number of unbranched alkanes of at least 4 members (excludes halogenated alkanes) is 3. The Morgan fingerprint density at radius 1 is 1.17 bits per heavy atom. The molecule has 0 heterocycles. The van der Waals surface area contributed by atoms with Crippen LogP contribution in [0.3, 0.4) is 0 Å². The van der Waals surface area contributed by atoms with E-state index in [1.165, 1.54) is 0 Å². The van der Waals surface area contributed by atoms with Gasteiger partial charge in [0.1, 0.15) is 0 Å². The zero-order valence-electron chi connectivity index (χ0n) is 12.0. The maximum Gasteiger partial charge on any atom is 0.0876 e. The van der Waals surface area contributed by atoms with Gasteiger partial charge in [-0.2, -0.15) is 0 Å². The van der Waals surface area contributed by atoms with Crippen LogP contribution in [0.5, 0.6) is 0 Å². The lowest BCUT2D eigenvalue weighted by Crippen LogP contribution is -1.99. The Bertz CT molecular complexity index is 336. The van der Waals surface area contributed by atoms with Crippen molar-refractivity contribution < 1.29 is 4.74 Å². The van der Waals surface area contributed by atoms with Crippen molar-refractivity contribution >= 4 is 6.21 Å². The van der Waals surface area contributed by atoms with Crippen LogP contribution in [0, 0.1) is 0 Å². The molecular weight excluding hydrogens is 224 g/mol. The van der Waals surface area contributed by atoms with Gasteiger partial charge in [0, 0.05) is 6.21 Å². The number of nitrogens with zero attached hydrogens (tertiary/aromatic N) is 1. The van der Waals surface area contributed by atoms with Gasteiger partial charge < -0.3 is 10.5 Å². The molecule has 18 heavy (non-hydrogen) atoms. The van der Waals surface area contributed by atoms with Gasteiger partial charge in [0.2, 0.25) is 0 Å². The van der Waals surface area contributed by atoms with Crippen LogP contribution in [-0.2, 0) is 4.74 Å². The van der Waals surface area contributed by atoms with E-state index in [9.17, 15) is 0 Å². The highest BCUT2D eigenvalue weighted by Crippen LogP contribution is 2.10. The third-order valence-corrected chi connectivity index (χ3v) is 2.32. The normalized spacial score (nSPS) is 10.4. The van der Waals surface area contributed by atoms with E-state index in [2.05, 4.69) is 18.2 Å². The standard InChI is InChI=1S/C15H26N2O/c1-12(2)15(14(5)16)17-10-8-6-7-9-11-18-13(3)4/h10H,3,5-9,11,16H2,1-2,4H3/b17-10-. The van der Waals surface area contributed by atoms with Crippen LogP contribution in [0.15, 0.2) is 40.9 Å². The molecule has 0 aromatic heterocycles. The summed E-state index contributed by atoms with van der Waals surface area (Å²) in [4.78, 5) is 4.35. The van der Waals surface area contributed by atoms with Gasteiger partial charge >= 0.3 is 0 Å². The third kappa shape index (κ3) is 8.62. The summed E-state index contributed by atoms with van der Waals surface area (Å²) in [7, 11) is 0. The second-order valence-corrected chi connectivity index (χ2v) is 4.59. The van der Waals surface area contributed by atoms with E-state index in [0.717, 1.165) is 49.3 Å². The van der Waals surface area contributed by atoms with Crippen LogP contribution in [0.25, 0.3) is 0 Å². The number of rotatable bonds is 9. The van der Waals surface area contributed by atoms with Crippen molar-refractivity contribution in [3.05, 3.63) is 35.9 Å². The maximum absolute atomic E-state index is 5.66. The lowest BCUT2D eigenvalue weighted by atomic mass is 10.2. The number of hydrogen-bond donors (Lipinski definition) is 1. The Labute approximate surface area is 111 Å². The molecule has 0 unspecified atom stereocenters. The first kappa shape index (κ1) is 16.5. The summed E-state index contributed by atoms with van der Waals surface area (Å²) in [6.07, 6.45) is 6.17. The van der Waals surface area contributed by atoms with Crippen molar-refractivity contribution in [2.75, 3.05) is 6.61 Å². The zero-order valence-corrected chi connectivity index (χ0v) is 12.0. The van der Waals surface area contributed by atoms with Crippen LogP contribution < -0.4 is 5.73 Å². The van der Waals surface area contributed by atoms with Gasteiger partial charge in [-0.3, -0.25) is 4.99 Å². The number of nitrogens with two attached hydrogens (primary N) is 1. The van der Waals surface area contributed by atoms with Gasteiger partial charge in [-0.15, -0.1) is 0 Å². The van der Waals surface area contributed by atoms with Gasteiger partial charge in [-0.1, -0.05) is 13.2 Å². The largest absolute Gasteiger partial charge is 0.499 e. The highest BCUT2D eigenvalue weighted by Gasteiger charge is 1.97. The van der Waals surface area contributed by atoms with Gasteiger partial charge in [0.05, 0.1) is 23.8 Å². The SMILES string of the molecule is C=C(C)OCCCCC/C=N\C(C(=C)N)=C(C)C. The van der Waals surface area contributed by atoms with E-state index in [-0.39, 0.29) is 0 Å². The predicted octanol–water partition coefficient (Wildman–Crippen LogP) is 3.93. The first-order chi connectivity index (χ1) is 8.45. The predicted molar refractivity (Wildman–Crippen MR) is 79.4 cm³/mol. The van der Waals surface area contributed by atoms with Crippen molar-refractivity contribution in [3.8, 4) is 0 Å². The molecule has 3 heteroatoms. The summed E-state index contributed by atoms with van der Waals surface area (Å²) >= 11 is 0. The van der Waals surface area contributed by atoms with E-state index in [1.54, 1.807) is 0 Å². The summed E-state index contributed by atoms with van der Waals surface area (Å²) in [5.74, 6) is 0.784. The number of ether oxygens (including phenoxy) is 1. The second-order valence-electron chi connectivity index (χ2n) is 4.59. The van der Waals surface area contributed by atoms with Gasteiger partial charge in [0.15, 0.2) is 0 Å². The number of hydrogen-bond acceptors (Lipinski definition) is 3. The second kappa shape index (κ2) is 9.51. The van der Waals surface area contributed by atoms with Crippen LogP contribution in [-0.4, -0.2) is 12.8 Å². The monoisotopic (exact) mass is 250 g/mol. The summed E-state index contributed by atoms with van der Waals surface area (Å²) in [5, 5.41) is 0. The topological polar surface area (TPSA) is 47.6 Å². The smallest absolute Gasteiger partial charge is 0.0876 e. The van der Waals surface area contributed by atoms with Gasteiger partial charge in [-0.25, -0.2) is 0 Å². The van der Waals surface area contributed by atoms with Gasteiger partial charge in [0.25, 0.3) is 0 Å². The van der Waals surface area contributed by atoms with E-state index in [4.69, 9.17) is 10.5 Å². The fourth-order valence-electron chi connectivity index (χ4n) is 1.45. The minimum Gasteiger partial charge on any atom is -0.499 e. The van der Waals surface area contributed by atoms with Crippen molar-refractivity contribution in [2.24, 2.45) is 10.7 Å². The van der Waals surface area contributed by atoms with E-state index >= 15 is 0 Å². The molecule has 0 atom stereocenters. The van der Waals surface area contributed by atoms with E-state index in [0.29, 0.717) is 5.70 Å². The molecule has 0 bridgehead atoms. The first-order valence-electron chi connectivity index (χ1n) is 6.38. The fraction of sp³-hybridized carbons (Fsp3) is 0.533. The Morgan fingerprint density at radius 2 is 1.83 bits per heavy atom. The summed E-state index contributed by atoms with van der Waals surface area (Å²) in [5.41, 5.74) is 8.08. The van der Waals surface area contributed by atoms with Gasteiger partial charge in [-0.05, 0) is 52.0 Å². The Morgan fingerprint density at radius 3 is 2.33 bits per heavy atom. The molecule has 0 aromatic carbocycles. The van der Waals surface area contributed by atoms with Crippen LogP contribution >= 0.6 is 0 Å². The molecule has 0 aliphatic heterocycles. The Balaban J connectivity index is 3.75. The molecule has 0 rings (SSSR count). The molecule has 3 nitrogen and oxygen atoms in total. The van der Waals surface area contributed by atoms with Crippen LogP contribution in [0.2, 0.25) is 0 Å². The first-order valence-corrected chi connectivity index (χ1v) is 6.38. The van der Waals surface area contributed by atoms with Crippen molar-refractivity contribution in [1.29, 1.82) is 0 Å². The molecular formula is C15H26N2O. The molecule has 102 valence electrons. The summed E-state index contributed by atoms with van der Waals surface area (Å²) in [6.45, 7) is 14.0. The Hall–Kier alpha value is -1.51. The molecule has 0 fully saturated rings. The maximum atomic E-state index is 5.66. The minimum absolute atomic E-state index is 0.529. The average Bonchev–Trinajstić information content (AvgIpc) is 2.25. The molecule has 0 radical (unpaired) electrons. The van der Waals surface area contributed by atoms with Crippen LogP contribution in [0.4, 0.5) is 0 Å². The Kier molecular flexibility index (Phi) is 8.71. The average molecular weight is 250 g/mol. The molecule has 0 spiro atoms. The minimum atomic E-state index is 0.529. The van der Waals surface area contributed by atoms with Crippen molar-refractivity contribution in [1.82, 2.24) is 0 Å². The molecule has 0 saturated carbocycles. The summed E-state index contributed by atoms with van der Waals surface area (Å²) in [6, 6.07) is 0. The summed E-state index contributed by atoms with van der Waals surface area (Å²) < 4.78 is 5.29. The third-order valence-electron chi connectivity index (χ3n) is 2.32. The fourth-order valence-corrected chi connectivity index (χ4v) is 1.45. The van der Waals surface area contributed by atoms with E-state index < -0.39 is 0 Å². The molecule has 2 N–H and O–H groups in total. The van der Waals surface area contributed by atoms with Crippen molar-refractivity contribution in [3.63, 3.8) is 0 Å². The highest BCUT2D eigenvalue weighted by atomic mass is 16.5. The molecule has 0 aliphatic rings. The van der Waals surface area contributed by atoms with E-state index in [1.807, 2.05) is 27.0 Å². The lowest BCUT2D eigenvalue weighted by Gasteiger charge is -2.04. The van der Waals surface area contributed by atoms with Crippen molar-refractivity contribution in [2.45, 2.75) is 46.5 Å². The zero-order chi connectivity index (χ0) is 14.0. The quantitative estimate of drug-likeness (QED) is 0.292. The highest BCUT2D eigenvalue weighted by molar-refractivity contribution is 5.60. The lowest BCUT2D eigenvalue weighted by molar-refractivity contribution is 0.209. The molecule has 0 saturated heterocycles. The number of allylic oxidation sites excluding steroid dienone is 2. The van der Waals surface area contributed by atoms with Crippen LogP contribution in [0.1, 0.15) is 46.5 Å². The molecule has 0 aromatic rings. The molecule has 0 amide bonds. The molecule has 0 aliphatic carbocycles.